The molecule has 0 saturated heterocycles. The highest BCUT2D eigenvalue weighted by Crippen LogP contribution is 2.33. The summed E-state index contributed by atoms with van der Waals surface area (Å²) in [5.41, 5.74) is 5.13. The van der Waals surface area contributed by atoms with E-state index >= 15 is 0 Å². The van der Waals surface area contributed by atoms with Gasteiger partial charge in [0.15, 0.2) is 0 Å². The van der Waals surface area contributed by atoms with Gasteiger partial charge in [-0.05, 0) is 25.5 Å². The van der Waals surface area contributed by atoms with Crippen molar-refractivity contribution in [3.63, 3.8) is 0 Å². The third-order valence-corrected chi connectivity index (χ3v) is 2.78. The molecule has 2 N–H and O–H groups in total. The smallest absolute Gasteiger partial charge is 0.379 e. The van der Waals surface area contributed by atoms with E-state index < -0.39 is 17.8 Å². The molecule has 1 rings (SSSR count). The van der Waals surface area contributed by atoms with Gasteiger partial charge in [-0.3, -0.25) is 0 Å². The van der Waals surface area contributed by atoms with E-state index in [0.717, 1.165) is 6.07 Å². The SMILES string of the molecule is CCOCC(C)OCC(N)c1ccccc1C(F)(F)F. The van der Waals surface area contributed by atoms with Gasteiger partial charge in [0.2, 0.25) is 0 Å². The molecule has 20 heavy (non-hydrogen) atoms. The highest BCUT2D eigenvalue weighted by Gasteiger charge is 2.34. The van der Waals surface area contributed by atoms with Gasteiger partial charge in [0.25, 0.3) is 0 Å². The Labute approximate surface area is 116 Å². The summed E-state index contributed by atoms with van der Waals surface area (Å²) >= 11 is 0. The minimum atomic E-state index is -4.41. The van der Waals surface area contributed by atoms with Crippen LogP contribution < -0.4 is 5.73 Å². The zero-order valence-corrected chi connectivity index (χ0v) is 11.6. The van der Waals surface area contributed by atoms with Crippen LogP contribution in [0.15, 0.2) is 24.3 Å². The summed E-state index contributed by atoms with van der Waals surface area (Å²) in [7, 11) is 0. The van der Waals surface area contributed by atoms with Gasteiger partial charge in [0.1, 0.15) is 0 Å². The number of hydrogen-bond acceptors (Lipinski definition) is 3. The normalized spacial score (nSPS) is 15.1. The molecule has 0 spiro atoms. The molecular weight excluding hydrogens is 271 g/mol. The highest BCUT2D eigenvalue weighted by atomic mass is 19.4. The monoisotopic (exact) mass is 291 g/mol. The molecule has 6 heteroatoms. The lowest BCUT2D eigenvalue weighted by molar-refractivity contribution is -0.138. The fourth-order valence-electron chi connectivity index (χ4n) is 1.77. The average Bonchev–Trinajstić information content (AvgIpc) is 2.41. The third-order valence-electron chi connectivity index (χ3n) is 2.78. The molecule has 0 aliphatic heterocycles. The minimum Gasteiger partial charge on any atom is -0.379 e. The van der Waals surface area contributed by atoms with Crippen molar-refractivity contribution < 1.29 is 22.6 Å². The largest absolute Gasteiger partial charge is 0.416 e. The van der Waals surface area contributed by atoms with E-state index in [1.165, 1.54) is 18.2 Å². The first-order valence-corrected chi connectivity index (χ1v) is 6.47. The number of halogens is 3. The number of alkyl halides is 3. The van der Waals surface area contributed by atoms with E-state index in [1.807, 2.05) is 6.92 Å². The van der Waals surface area contributed by atoms with Gasteiger partial charge in [-0.25, -0.2) is 0 Å². The average molecular weight is 291 g/mol. The van der Waals surface area contributed by atoms with Crippen molar-refractivity contribution >= 4 is 0 Å². The number of nitrogens with two attached hydrogens (primary N) is 1. The van der Waals surface area contributed by atoms with E-state index in [9.17, 15) is 13.2 Å². The molecule has 0 radical (unpaired) electrons. The first-order chi connectivity index (χ1) is 9.36. The number of benzene rings is 1. The van der Waals surface area contributed by atoms with E-state index in [0.29, 0.717) is 13.2 Å². The van der Waals surface area contributed by atoms with Gasteiger partial charge >= 0.3 is 6.18 Å². The summed E-state index contributed by atoms with van der Waals surface area (Å²) in [5.74, 6) is 0. The molecule has 3 nitrogen and oxygen atoms in total. The van der Waals surface area contributed by atoms with Crippen LogP contribution in [0.4, 0.5) is 13.2 Å². The predicted octanol–water partition coefficient (Wildman–Crippen LogP) is 3.15. The van der Waals surface area contributed by atoms with Crippen molar-refractivity contribution in [3.05, 3.63) is 35.4 Å². The van der Waals surface area contributed by atoms with Crippen LogP contribution in [-0.2, 0) is 15.7 Å². The van der Waals surface area contributed by atoms with E-state index in [4.69, 9.17) is 15.2 Å². The second-order valence-electron chi connectivity index (χ2n) is 4.49. The molecule has 2 unspecified atom stereocenters. The molecule has 0 aliphatic rings. The maximum absolute atomic E-state index is 12.9. The van der Waals surface area contributed by atoms with Gasteiger partial charge < -0.3 is 15.2 Å². The van der Waals surface area contributed by atoms with Crippen LogP contribution in [0.25, 0.3) is 0 Å². The molecule has 0 bridgehead atoms. The first-order valence-electron chi connectivity index (χ1n) is 6.47. The second-order valence-corrected chi connectivity index (χ2v) is 4.49. The van der Waals surface area contributed by atoms with E-state index in [1.54, 1.807) is 6.92 Å². The van der Waals surface area contributed by atoms with E-state index in [2.05, 4.69) is 0 Å². The van der Waals surface area contributed by atoms with Crippen molar-refractivity contribution in [2.24, 2.45) is 5.73 Å². The maximum atomic E-state index is 12.9. The lowest BCUT2D eigenvalue weighted by Crippen LogP contribution is -2.25. The van der Waals surface area contributed by atoms with Gasteiger partial charge in [0.05, 0.1) is 30.9 Å². The Morgan fingerprint density at radius 2 is 1.85 bits per heavy atom. The Kier molecular flexibility index (Phi) is 6.45. The zero-order valence-electron chi connectivity index (χ0n) is 11.6. The molecule has 1 aromatic carbocycles. The van der Waals surface area contributed by atoms with Gasteiger partial charge in [-0.2, -0.15) is 13.2 Å². The Morgan fingerprint density at radius 1 is 1.20 bits per heavy atom. The summed E-state index contributed by atoms with van der Waals surface area (Å²) in [4.78, 5) is 0. The number of rotatable bonds is 7. The van der Waals surface area contributed by atoms with Crippen LogP contribution in [0.5, 0.6) is 0 Å². The molecule has 0 fully saturated rings. The van der Waals surface area contributed by atoms with E-state index in [-0.39, 0.29) is 18.3 Å². The second kappa shape index (κ2) is 7.61. The topological polar surface area (TPSA) is 44.5 Å². The maximum Gasteiger partial charge on any atom is 0.416 e. The van der Waals surface area contributed by atoms with Crippen LogP contribution in [0.1, 0.15) is 31.0 Å². The fraction of sp³-hybridized carbons (Fsp3) is 0.571. The minimum absolute atomic E-state index is 0.0152. The molecule has 0 aliphatic carbocycles. The number of hydrogen-bond donors (Lipinski definition) is 1. The molecule has 114 valence electrons. The molecule has 0 aromatic heterocycles. The molecule has 0 amide bonds. The van der Waals surface area contributed by atoms with Crippen molar-refractivity contribution in [1.29, 1.82) is 0 Å². The van der Waals surface area contributed by atoms with Gasteiger partial charge in [-0.15, -0.1) is 0 Å². The third kappa shape index (κ3) is 5.11. The lowest BCUT2D eigenvalue weighted by atomic mass is 10.0. The standard InChI is InChI=1S/C14H20F3NO2/c1-3-19-8-10(2)20-9-13(18)11-6-4-5-7-12(11)14(15,16)17/h4-7,10,13H,3,8-9,18H2,1-2H3. The summed E-state index contributed by atoms with van der Waals surface area (Å²) in [6, 6.07) is 4.46. The first kappa shape index (κ1) is 16.9. The van der Waals surface area contributed by atoms with Gasteiger partial charge in [-0.1, -0.05) is 18.2 Å². The lowest BCUT2D eigenvalue weighted by Gasteiger charge is -2.20. The Balaban J connectivity index is 2.66. The zero-order chi connectivity index (χ0) is 15.2. The molecular formula is C14H20F3NO2. The fourth-order valence-corrected chi connectivity index (χ4v) is 1.77. The van der Waals surface area contributed by atoms with Crippen molar-refractivity contribution in [2.75, 3.05) is 19.8 Å². The summed E-state index contributed by atoms with van der Waals surface area (Å²) < 4.78 is 49.1. The van der Waals surface area contributed by atoms with Crippen molar-refractivity contribution in [2.45, 2.75) is 32.2 Å². The Hall–Kier alpha value is -1.11. The molecule has 0 heterocycles. The van der Waals surface area contributed by atoms with Crippen LogP contribution in [0, 0.1) is 0 Å². The molecule has 2 atom stereocenters. The Bertz CT molecular complexity index is 410. The van der Waals surface area contributed by atoms with Crippen LogP contribution in [0.2, 0.25) is 0 Å². The number of ether oxygens (including phenoxy) is 2. The Morgan fingerprint density at radius 3 is 2.45 bits per heavy atom. The van der Waals surface area contributed by atoms with Gasteiger partial charge in [0, 0.05) is 6.61 Å². The highest BCUT2D eigenvalue weighted by molar-refractivity contribution is 5.32. The summed E-state index contributed by atoms with van der Waals surface area (Å²) in [5, 5.41) is 0. The summed E-state index contributed by atoms with van der Waals surface area (Å²) in [6.07, 6.45) is -4.62. The van der Waals surface area contributed by atoms with Crippen LogP contribution in [-0.4, -0.2) is 25.9 Å². The van der Waals surface area contributed by atoms with Crippen LogP contribution >= 0.6 is 0 Å². The molecule has 1 aromatic rings. The van der Waals surface area contributed by atoms with Crippen molar-refractivity contribution in [3.8, 4) is 0 Å². The molecule has 0 saturated carbocycles. The summed E-state index contributed by atoms with van der Waals surface area (Å²) in [6.45, 7) is 4.62. The van der Waals surface area contributed by atoms with Crippen LogP contribution in [0.3, 0.4) is 0 Å². The van der Waals surface area contributed by atoms with Crippen molar-refractivity contribution in [1.82, 2.24) is 0 Å². The quantitative estimate of drug-likeness (QED) is 0.839. The predicted molar refractivity (Wildman–Crippen MR) is 70.3 cm³/mol.